The summed E-state index contributed by atoms with van der Waals surface area (Å²) in [6, 6.07) is 62.1. The third kappa shape index (κ3) is 5.30. The highest BCUT2D eigenvalue weighted by Crippen LogP contribution is 2.45. The van der Waals surface area contributed by atoms with Crippen molar-refractivity contribution >= 4 is 85.0 Å². The molecular weight excluding hydrogens is 735 g/mol. The minimum absolute atomic E-state index is 0.600. The Balaban J connectivity index is 0.968. The second-order valence-corrected chi connectivity index (χ2v) is 16.5. The molecule has 0 fully saturated rings. The normalized spacial score (nSPS) is 11.9. The zero-order valence-corrected chi connectivity index (χ0v) is 31.9. The molecule has 0 saturated heterocycles. The van der Waals surface area contributed by atoms with Crippen LogP contribution in [0.2, 0.25) is 0 Å². The van der Waals surface area contributed by atoms with Gasteiger partial charge in [-0.2, -0.15) is 0 Å². The molecule has 4 heterocycles. The van der Waals surface area contributed by atoms with Gasteiger partial charge in [0.2, 0.25) is 0 Å². The molecule has 0 saturated carbocycles. The molecule has 4 nitrogen and oxygen atoms in total. The number of thiophene rings is 2. The molecule has 0 aliphatic rings. The summed E-state index contributed by atoms with van der Waals surface area (Å²) in [7, 11) is 0. The quantitative estimate of drug-likeness (QED) is 0.175. The van der Waals surface area contributed by atoms with Gasteiger partial charge in [0, 0.05) is 67.8 Å². The van der Waals surface area contributed by atoms with Gasteiger partial charge in [0.15, 0.2) is 17.5 Å². The summed E-state index contributed by atoms with van der Waals surface area (Å²) in [5.41, 5.74) is 9.21. The summed E-state index contributed by atoms with van der Waals surface area (Å²) in [6.45, 7) is 0. The average Bonchev–Trinajstić information content (AvgIpc) is 3.97. The summed E-state index contributed by atoms with van der Waals surface area (Å²) in [6.07, 6.45) is 0. The van der Waals surface area contributed by atoms with Gasteiger partial charge in [0.25, 0.3) is 0 Å². The SMILES string of the molecule is c1ccc(-c2nc(-c3ccccc3)nc(-c3ccc4c(c3)oc3cccc(-c5ccc6sc7c(-c8ccc9sc%10ccccc%10c9c8)cccc7c6c5)c34)n2)cc1. The van der Waals surface area contributed by atoms with E-state index in [0.717, 1.165) is 49.8 Å². The maximum absolute atomic E-state index is 6.60. The molecule has 57 heavy (non-hydrogen) atoms. The number of hydrogen-bond acceptors (Lipinski definition) is 6. The van der Waals surface area contributed by atoms with Crippen molar-refractivity contribution in [1.29, 1.82) is 0 Å². The molecular formula is C51H29N3OS2. The fourth-order valence-corrected chi connectivity index (χ4v) is 10.5. The van der Waals surface area contributed by atoms with Gasteiger partial charge >= 0.3 is 0 Å². The highest BCUT2D eigenvalue weighted by atomic mass is 32.1. The molecule has 0 spiro atoms. The van der Waals surface area contributed by atoms with E-state index in [-0.39, 0.29) is 0 Å². The smallest absolute Gasteiger partial charge is 0.164 e. The molecule has 0 N–H and O–H groups in total. The Kier molecular flexibility index (Phi) is 7.24. The number of hydrogen-bond donors (Lipinski definition) is 0. The number of fused-ring (bicyclic) bond motifs is 9. The van der Waals surface area contributed by atoms with Crippen LogP contribution < -0.4 is 0 Å². The molecule has 6 heteroatoms. The van der Waals surface area contributed by atoms with Gasteiger partial charge < -0.3 is 4.42 Å². The maximum atomic E-state index is 6.60. The first-order valence-electron chi connectivity index (χ1n) is 18.9. The fourth-order valence-electron chi connectivity index (χ4n) is 8.23. The first kappa shape index (κ1) is 32.3. The van der Waals surface area contributed by atoms with Crippen molar-refractivity contribution in [2.24, 2.45) is 0 Å². The van der Waals surface area contributed by atoms with Crippen LogP contribution in [0.4, 0.5) is 0 Å². The van der Waals surface area contributed by atoms with Crippen molar-refractivity contribution in [1.82, 2.24) is 15.0 Å². The number of nitrogens with zero attached hydrogens (tertiary/aromatic N) is 3. The van der Waals surface area contributed by atoms with E-state index in [9.17, 15) is 0 Å². The van der Waals surface area contributed by atoms with E-state index in [1.807, 2.05) is 83.3 Å². The first-order valence-corrected chi connectivity index (χ1v) is 20.6. The standard InChI is InChI=1S/C51H29N3OS2/c1-3-11-30(12-4-1)49-52-50(31-13-5-2-6-14-31)54-51(53-49)34-21-24-39-43(29-34)55-42-19-10-16-35(47(39)42)32-22-26-46-41(27-32)38-18-9-17-36(48(38)57-46)33-23-25-45-40(28-33)37-15-7-8-20-44(37)56-45/h1-29H. The van der Waals surface area contributed by atoms with Crippen molar-refractivity contribution in [3.8, 4) is 56.4 Å². The molecule has 0 unspecified atom stereocenters. The molecule has 0 bridgehead atoms. The predicted molar refractivity (Wildman–Crippen MR) is 240 cm³/mol. The van der Waals surface area contributed by atoms with Crippen molar-refractivity contribution < 1.29 is 4.42 Å². The van der Waals surface area contributed by atoms with Crippen molar-refractivity contribution in [3.05, 3.63) is 176 Å². The Morgan fingerprint density at radius 1 is 0.333 bits per heavy atom. The lowest BCUT2D eigenvalue weighted by Crippen LogP contribution is -2.00. The monoisotopic (exact) mass is 763 g/mol. The van der Waals surface area contributed by atoms with Gasteiger partial charge in [0.1, 0.15) is 11.2 Å². The lowest BCUT2D eigenvalue weighted by molar-refractivity contribution is 0.669. The van der Waals surface area contributed by atoms with Crippen LogP contribution in [0, 0.1) is 0 Å². The van der Waals surface area contributed by atoms with Crippen LogP contribution in [0.15, 0.2) is 180 Å². The molecule has 0 aliphatic carbocycles. The van der Waals surface area contributed by atoms with Crippen LogP contribution in [0.25, 0.3) is 119 Å². The maximum Gasteiger partial charge on any atom is 0.164 e. The zero-order valence-electron chi connectivity index (χ0n) is 30.3. The van der Waals surface area contributed by atoms with Crippen molar-refractivity contribution in [2.45, 2.75) is 0 Å². The molecule has 8 aromatic carbocycles. The minimum Gasteiger partial charge on any atom is -0.456 e. The lowest BCUT2D eigenvalue weighted by atomic mass is 9.96. The molecule has 266 valence electrons. The van der Waals surface area contributed by atoms with Gasteiger partial charge in [-0.05, 0) is 70.8 Å². The van der Waals surface area contributed by atoms with Gasteiger partial charge in [-0.3, -0.25) is 0 Å². The van der Waals surface area contributed by atoms with Crippen LogP contribution in [-0.4, -0.2) is 15.0 Å². The molecule has 12 aromatic rings. The summed E-state index contributed by atoms with van der Waals surface area (Å²) < 4.78 is 11.8. The molecule has 12 rings (SSSR count). The van der Waals surface area contributed by atoms with E-state index in [4.69, 9.17) is 19.4 Å². The first-order chi connectivity index (χ1) is 28.2. The Labute approximate surface area is 335 Å². The van der Waals surface area contributed by atoms with E-state index in [2.05, 4.69) is 115 Å². The Morgan fingerprint density at radius 2 is 0.895 bits per heavy atom. The summed E-state index contributed by atoms with van der Waals surface area (Å²) in [4.78, 5) is 14.8. The van der Waals surface area contributed by atoms with E-state index >= 15 is 0 Å². The Hall–Kier alpha value is -6.99. The lowest BCUT2D eigenvalue weighted by Gasteiger charge is -2.08. The Morgan fingerprint density at radius 3 is 1.65 bits per heavy atom. The number of rotatable bonds is 5. The predicted octanol–water partition coefficient (Wildman–Crippen LogP) is 14.8. The second kappa shape index (κ2) is 12.8. The summed E-state index contributed by atoms with van der Waals surface area (Å²) >= 11 is 3.73. The molecule has 0 atom stereocenters. The zero-order chi connectivity index (χ0) is 37.5. The van der Waals surface area contributed by atoms with Crippen LogP contribution >= 0.6 is 22.7 Å². The van der Waals surface area contributed by atoms with E-state index in [0.29, 0.717) is 17.5 Å². The largest absolute Gasteiger partial charge is 0.456 e. The third-order valence-electron chi connectivity index (χ3n) is 11.0. The summed E-state index contributed by atoms with van der Waals surface area (Å²) in [5, 5.41) is 7.34. The van der Waals surface area contributed by atoms with E-state index in [1.54, 1.807) is 0 Å². The van der Waals surface area contributed by atoms with Crippen molar-refractivity contribution in [3.63, 3.8) is 0 Å². The van der Waals surface area contributed by atoms with E-state index < -0.39 is 0 Å². The Bertz CT molecular complexity index is 3470. The molecule has 0 amide bonds. The third-order valence-corrected chi connectivity index (χ3v) is 13.3. The summed E-state index contributed by atoms with van der Waals surface area (Å²) in [5.74, 6) is 1.86. The van der Waals surface area contributed by atoms with Gasteiger partial charge in [-0.15, -0.1) is 22.7 Å². The van der Waals surface area contributed by atoms with Gasteiger partial charge in [-0.1, -0.05) is 127 Å². The van der Waals surface area contributed by atoms with Crippen LogP contribution in [0.3, 0.4) is 0 Å². The van der Waals surface area contributed by atoms with E-state index in [1.165, 1.54) is 51.5 Å². The van der Waals surface area contributed by atoms with Crippen LogP contribution in [-0.2, 0) is 0 Å². The highest BCUT2D eigenvalue weighted by Gasteiger charge is 2.18. The number of aromatic nitrogens is 3. The minimum atomic E-state index is 0.600. The van der Waals surface area contributed by atoms with Crippen LogP contribution in [0.5, 0.6) is 0 Å². The van der Waals surface area contributed by atoms with Gasteiger partial charge in [-0.25, -0.2) is 15.0 Å². The molecule has 0 aliphatic heterocycles. The van der Waals surface area contributed by atoms with Gasteiger partial charge in [0.05, 0.1) is 0 Å². The topological polar surface area (TPSA) is 51.8 Å². The molecule has 0 radical (unpaired) electrons. The number of benzene rings is 8. The highest BCUT2D eigenvalue weighted by molar-refractivity contribution is 7.26. The fraction of sp³-hybridized carbons (Fsp3) is 0. The molecule has 4 aromatic heterocycles. The second-order valence-electron chi connectivity index (χ2n) is 14.3. The van der Waals surface area contributed by atoms with Crippen LogP contribution in [0.1, 0.15) is 0 Å². The average molecular weight is 764 g/mol. The number of furan rings is 1. The van der Waals surface area contributed by atoms with Crippen molar-refractivity contribution in [2.75, 3.05) is 0 Å².